The molecule has 0 N–H and O–H groups in total. The van der Waals surface area contributed by atoms with Crippen LogP contribution in [0.4, 0.5) is 0 Å². The fraction of sp³-hybridized carbons (Fsp3) is 0.526. The number of aromatic nitrogens is 4. The summed E-state index contributed by atoms with van der Waals surface area (Å²) in [5, 5.41) is 0. The van der Waals surface area contributed by atoms with Gasteiger partial charge in [-0.15, -0.1) is 0 Å². The summed E-state index contributed by atoms with van der Waals surface area (Å²) < 4.78 is 11.8. The molecule has 1 unspecified atom stereocenters. The molecule has 8 nitrogen and oxygen atoms in total. The first-order valence-corrected chi connectivity index (χ1v) is 9.24. The summed E-state index contributed by atoms with van der Waals surface area (Å²) in [4.78, 5) is 30.5. The van der Waals surface area contributed by atoms with Gasteiger partial charge >= 0.3 is 0 Å². The highest BCUT2D eigenvalue weighted by molar-refractivity contribution is 5.92. The molecule has 2 fully saturated rings. The molecule has 1 amide bonds. The molecule has 2 aliphatic rings. The fourth-order valence-corrected chi connectivity index (χ4v) is 3.81. The van der Waals surface area contributed by atoms with Crippen LogP contribution in [0.3, 0.4) is 0 Å². The van der Waals surface area contributed by atoms with E-state index in [1.165, 1.54) is 6.33 Å². The van der Waals surface area contributed by atoms with Crippen LogP contribution in [-0.2, 0) is 4.74 Å². The molecule has 0 saturated carbocycles. The second-order valence-corrected chi connectivity index (χ2v) is 7.28. The summed E-state index contributed by atoms with van der Waals surface area (Å²) in [6.07, 6.45) is 9.24. The van der Waals surface area contributed by atoms with Gasteiger partial charge in [0, 0.05) is 19.0 Å². The van der Waals surface area contributed by atoms with Crippen molar-refractivity contribution in [3.8, 4) is 5.88 Å². The molecule has 4 heterocycles. The molecule has 1 spiro atoms. The number of hydrogen-bond donors (Lipinski definition) is 0. The second-order valence-electron chi connectivity index (χ2n) is 7.28. The van der Waals surface area contributed by atoms with Gasteiger partial charge in [0.2, 0.25) is 5.88 Å². The summed E-state index contributed by atoms with van der Waals surface area (Å²) in [5.74, 6) is 1.03. The average molecular weight is 369 g/mol. The summed E-state index contributed by atoms with van der Waals surface area (Å²) in [6, 6.07) is 1.64. The number of amides is 1. The van der Waals surface area contributed by atoms with E-state index in [1.54, 1.807) is 29.6 Å². The molecular formula is C19H23N5O3. The van der Waals surface area contributed by atoms with E-state index in [0.717, 1.165) is 31.6 Å². The van der Waals surface area contributed by atoms with E-state index in [4.69, 9.17) is 9.47 Å². The zero-order valence-electron chi connectivity index (χ0n) is 15.4. The number of nitrogens with zero attached hydrogens (tertiary/aromatic N) is 5. The molecule has 27 heavy (non-hydrogen) atoms. The highest BCUT2D eigenvalue weighted by Gasteiger charge is 2.49. The van der Waals surface area contributed by atoms with Crippen LogP contribution in [0.25, 0.3) is 0 Å². The predicted octanol–water partition coefficient (Wildman–Crippen LogP) is 1.67. The van der Waals surface area contributed by atoms with E-state index in [0.29, 0.717) is 37.2 Å². The Balaban J connectivity index is 1.26. The maximum absolute atomic E-state index is 12.4. The van der Waals surface area contributed by atoms with E-state index >= 15 is 0 Å². The molecule has 2 aromatic heterocycles. The Morgan fingerprint density at radius 3 is 3.04 bits per heavy atom. The molecule has 2 aromatic rings. The van der Waals surface area contributed by atoms with Gasteiger partial charge in [0.25, 0.3) is 5.91 Å². The SMILES string of the molecule is Cc1cncc(OCCC2CCOC3(C2)CN(C(=O)c2ccncn2)C3)n1. The molecule has 0 aliphatic carbocycles. The lowest BCUT2D eigenvalue weighted by molar-refractivity contribution is -0.166. The molecule has 2 aliphatic heterocycles. The monoisotopic (exact) mass is 369 g/mol. The number of rotatable bonds is 5. The molecule has 0 radical (unpaired) electrons. The van der Waals surface area contributed by atoms with Gasteiger partial charge in [0.1, 0.15) is 17.6 Å². The van der Waals surface area contributed by atoms with Crippen molar-refractivity contribution < 1.29 is 14.3 Å². The van der Waals surface area contributed by atoms with Crippen molar-refractivity contribution in [2.75, 3.05) is 26.3 Å². The molecular weight excluding hydrogens is 346 g/mol. The van der Waals surface area contributed by atoms with Crippen molar-refractivity contribution >= 4 is 5.91 Å². The van der Waals surface area contributed by atoms with Gasteiger partial charge in [0.05, 0.1) is 31.6 Å². The number of aryl methyl sites for hydroxylation is 1. The minimum atomic E-state index is -0.214. The Morgan fingerprint density at radius 1 is 1.37 bits per heavy atom. The van der Waals surface area contributed by atoms with Crippen molar-refractivity contribution in [1.29, 1.82) is 0 Å². The molecule has 0 aromatic carbocycles. The van der Waals surface area contributed by atoms with Gasteiger partial charge in [-0.1, -0.05) is 0 Å². The van der Waals surface area contributed by atoms with Gasteiger partial charge in [0.15, 0.2) is 0 Å². The number of likely N-dealkylation sites (tertiary alicyclic amines) is 1. The first-order valence-electron chi connectivity index (χ1n) is 9.24. The first-order chi connectivity index (χ1) is 13.1. The highest BCUT2D eigenvalue weighted by Crippen LogP contribution is 2.38. The van der Waals surface area contributed by atoms with E-state index < -0.39 is 0 Å². The van der Waals surface area contributed by atoms with Gasteiger partial charge < -0.3 is 14.4 Å². The third-order valence-corrected chi connectivity index (χ3v) is 5.15. The Bertz CT molecular complexity index is 795. The lowest BCUT2D eigenvalue weighted by Crippen LogP contribution is -2.66. The van der Waals surface area contributed by atoms with Crippen molar-refractivity contribution in [2.24, 2.45) is 5.92 Å². The Morgan fingerprint density at radius 2 is 2.26 bits per heavy atom. The first kappa shape index (κ1) is 17.8. The second kappa shape index (κ2) is 7.56. The normalized spacial score (nSPS) is 20.9. The molecule has 4 rings (SSSR count). The van der Waals surface area contributed by atoms with Gasteiger partial charge in [-0.05, 0) is 38.2 Å². The summed E-state index contributed by atoms with van der Waals surface area (Å²) in [5.41, 5.74) is 1.06. The summed E-state index contributed by atoms with van der Waals surface area (Å²) in [6.45, 7) is 4.48. The Hall–Kier alpha value is -2.61. The van der Waals surface area contributed by atoms with Crippen LogP contribution in [0.15, 0.2) is 31.0 Å². The van der Waals surface area contributed by atoms with Crippen molar-refractivity contribution in [2.45, 2.75) is 31.8 Å². The molecule has 1 atom stereocenters. The summed E-state index contributed by atoms with van der Waals surface area (Å²) in [7, 11) is 0. The molecule has 142 valence electrons. The van der Waals surface area contributed by atoms with Gasteiger partial charge in [-0.25, -0.2) is 15.0 Å². The largest absolute Gasteiger partial charge is 0.477 e. The molecule has 8 heteroatoms. The van der Waals surface area contributed by atoms with E-state index in [1.807, 2.05) is 6.92 Å². The number of carbonyl (C=O) groups excluding carboxylic acids is 1. The van der Waals surface area contributed by atoms with Gasteiger partial charge in [-0.2, -0.15) is 0 Å². The number of carbonyl (C=O) groups is 1. The topological polar surface area (TPSA) is 90.3 Å². The summed E-state index contributed by atoms with van der Waals surface area (Å²) >= 11 is 0. The van der Waals surface area contributed by atoms with Gasteiger partial charge in [-0.3, -0.25) is 9.78 Å². The number of ether oxygens (including phenoxy) is 2. The van der Waals surface area contributed by atoms with Crippen LogP contribution in [0.5, 0.6) is 5.88 Å². The quantitative estimate of drug-likeness (QED) is 0.792. The smallest absolute Gasteiger partial charge is 0.272 e. The molecule has 0 bridgehead atoms. The Labute approximate surface area is 158 Å². The zero-order valence-corrected chi connectivity index (χ0v) is 15.4. The van der Waals surface area contributed by atoms with Crippen molar-refractivity contribution in [3.63, 3.8) is 0 Å². The van der Waals surface area contributed by atoms with Crippen LogP contribution >= 0.6 is 0 Å². The zero-order chi connectivity index (χ0) is 18.7. The van der Waals surface area contributed by atoms with Crippen LogP contribution < -0.4 is 4.74 Å². The van der Waals surface area contributed by atoms with E-state index in [-0.39, 0.29) is 11.5 Å². The Kier molecular flexibility index (Phi) is 4.98. The minimum Gasteiger partial charge on any atom is -0.477 e. The van der Waals surface area contributed by atoms with Crippen LogP contribution in [-0.4, -0.2) is 62.6 Å². The minimum absolute atomic E-state index is 0.0601. The van der Waals surface area contributed by atoms with Crippen LogP contribution in [0.1, 0.15) is 35.4 Å². The average Bonchev–Trinajstić information content (AvgIpc) is 2.66. The van der Waals surface area contributed by atoms with E-state index in [9.17, 15) is 4.79 Å². The third kappa shape index (κ3) is 4.05. The van der Waals surface area contributed by atoms with Crippen LogP contribution in [0.2, 0.25) is 0 Å². The maximum atomic E-state index is 12.4. The maximum Gasteiger partial charge on any atom is 0.272 e. The standard InChI is InChI=1S/C19H23N5O3/c1-14-9-21-10-17(23-14)26-6-3-15-4-7-27-19(8-15)11-24(12-19)18(25)16-2-5-20-13-22-16/h2,5,9-10,13,15H,3-4,6-8,11-12H2,1H3. The molecule has 2 saturated heterocycles. The lowest BCUT2D eigenvalue weighted by atomic mass is 9.79. The third-order valence-electron chi connectivity index (χ3n) is 5.15. The lowest BCUT2D eigenvalue weighted by Gasteiger charge is -2.53. The van der Waals surface area contributed by atoms with Crippen LogP contribution in [0, 0.1) is 12.8 Å². The van der Waals surface area contributed by atoms with E-state index in [2.05, 4.69) is 19.9 Å². The van der Waals surface area contributed by atoms with Crippen molar-refractivity contribution in [3.05, 3.63) is 42.4 Å². The number of hydrogen-bond acceptors (Lipinski definition) is 7. The highest BCUT2D eigenvalue weighted by atomic mass is 16.5. The van der Waals surface area contributed by atoms with Crippen molar-refractivity contribution in [1.82, 2.24) is 24.8 Å². The predicted molar refractivity (Wildman–Crippen MR) is 96.2 cm³/mol. The fourth-order valence-electron chi connectivity index (χ4n) is 3.81.